The highest BCUT2D eigenvalue weighted by Gasteiger charge is 2.12. The summed E-state index contributed by atoms with van der Waals surface area (Å²) < 4.78 is 0.986. The molecule has 0 aliphatic carbocycles. The van der Waals surface area contributed by atoms with E-state index in [0.29, 0.717) is 11.4 Å². The number of carbonyl (C=O) groups excluding carboxylic acids is 1. The summed E-state index contributed by atoms with van der Waals surface area (Å²) in [4.78, 5) is 16.4. The summed E-state index contributed by atoms with van der Waals surface area (Å²) in [6, 6.07) is 7.12. The number of anilines is 2. The van der Waals surface area contributed by atoms with Gasteiger partial charge in [0, 0.05) is 22.8 Å². The SMILES string of the molecule is CNc1cc(C(=O)Nc2c(C)cc(Br)cc2C)cc(Cl)n1. The molecule has 1 aromatic carbocycles. The Hall–Kier alpha value is -1.59. The zero-order valence-electron chi connectivity index (χ0n) is 11.9. The van der Waals surface area contributed by atoms with Crippen molar-refractivity contribution in [1.82, 2.24) is 4.98 Å². The van der Waals surface area contributed by atoms with E-state index in [0.717, 1.165) is 21.3 Å². The van der Waals surface area contributed by atoms with Gasteiger partial charge in [0.25, 0.3) is 5.91 Å². The van der Waals surface area contributed by atoms with Crippen LogP contribution in [0.15, 0.2) is 28.7 Å². The second-order valence-electron chi connectivity index (χ2n) is 4.68. The van der Waals surface area contributed by atoms with Crippen LogP contribution < -0.4 is 10.6 Å². The van der Waals surface area contributed by atoms with Crippen LogP contribution in [-0.4, -0.2) is 17.9 Å². The minimum absolute atomic E-state index is 0.218. The van der Waals surface area contributed by atoms with Crippen molar-refractivity contribution in [2.24, 2.45) is 0 Å². The van der Waals surface area contributed by atoms with Gasteiger partial charge in [0.1, 0.15) is 11.0 Å². The van der Waals surface area contributed by atoms with Crippen molar-refractivity contribution in [1.29, 1.82) is 0 Å². The fraction of sp³-hybridized carbons (Fsp3) is 0.200. The summed E-state index contributed by atoms with van der Waals surface area (Å²) in [5, 5.41) is 6.08. The molecule has 0 saturated heterocycles. The zero-order valence-corrected chi connectivity index (χ0v) is 14.3. The highest BCUT2D eigenvalue weighted by atomic mass is 79.9. The lowest BCUT2D eigenvalue weighted by Crippen LogP contribution is -2.14. The number of nitrogens with zero attached hydrogens (tertiary/aromatic N) is 1. The second-order valence-corrected chi connectivity index (χ2v) is 5.99. The van der Waals surface area contributed by atoms with Gasteiger partial charge < -0.3 is 10.6 Å². The average molecular weight is 369 g/mol. The Labute approximate surface area is 137 Å². The fourth-order valence-electron chi connectivity index (χ4n) is 2.05. The van der Waals surface area contributed by atoms with Crippen molar-refractivity contribution < 1.29 is 4.79 Å². The molecule has 110 valence electrons. The van der Waals surface area contributed by atoms with Gasteiger partial charge in [0.15, 0.2) is 0 Å². The van der Waals surface area contributed by atoms with Gasteiger partial charge in [0.05, 0.1) is 0 Å². The molecular weight excluding hydrogens is 354 g/mol. The molecule has 6 heteroatoms. The number of carbonyl (C=O) groups is 1. The lowest BCUT2D eigenvalue weighted by atomic mass is 10.1. The summed E-state index contributed by atoms with van der Waals surface area (Å²) in [6.45, 7) is 3.90. The molecule has 0 fully saturated rings. The lowest BCUT2D eigenvalue weighted by molar-refractivity contribution is 0.102. The summed E-state index contributed by atoms with van der Waals surface area (Å²) >= 11 is 9.36. The van der Waals surface area contributed by atoms with Crippen LogP contribution in [-0.2, 0) is 0 Å². The first-order valence-corrected chi connectivity index (χ1v) is 7.51. The molecule has 2 N–H and O–H groups in total. The first-order valence-electron chi connectivity index (χ1n) is 6.34. The zero-order chi connectivity index (χ0) is 15.6. The highest BCUT2D eigenvalue weighted by Crippen LogP contribution is 2.26. The van der Waals surface area contributed by atoms with Gasteiger partial charge in [-0.2, -0.15) is 0 Å². The minimum atomic E-state index is -0.218. The van der Waals surface area contributed by atoms with E-state index in [1.807, 2.05) is 26.0 Å². The predicted molar refractivity (Wildman–Crippen MR) is 90.4 cm³/mol. The van der Waals surface area contributed by atoms with E-state index in [1.165, 1.54) is 0 Å². The van der Waals surface area contributed by atoms with Crippen LogP contribution in [0.1, 0.15) is 21.5 Å². The Kier molecular flexibility index (Phi) is 4.85. The van der Waals surface area contributed by atoms with Crippen molar-refractivity contribution in [2.45, 2.75) is 13.8 Å². The van der Waals surface area contributed by atoms with Crippen LogP contribution in [0.25, 0.3) is 0 Å². The van der Waals surface area contributed by atoms with Crippen molar-refractivity contribution >= 4 is 44.9 Å². The molecule has 0 radical (unpaired) electrons. The lowest BCUT2D eigenvalue weighted by Gasteiger charge is -2.13. The van der Waals surface area contributed by atoms with Crippen LogP contribution in [0.3, 0.4) is 0 Å². The third kappa shape index (κ3) is 3.74. The summed E-state index contributed by atoms with van der Waals surface area (Å²) in [6.07, 6.45) is 0. The van der Waals surface area contributed by atoms with Gasteiger partial charge >= 0.3 is 0 Å². The molecule has 2 rings (SSSR count). The van der Waals surface area contributed by atoms with Crippen LogP contribution in [0, 0.1) is 13.8 Å². The maximum absolute atomic E-state index is 12.4. The number of benzene rings is 1. The summed E-state index contributed by atoms with van der Waals surface area (Å²) in [5.74, 6) is 0.334. The third-order valence-electron chi connectivity index (χ3n) is 3.05. The molecule has 4 nitrogen and oxygen atoms in total. The van der Waals surface area contributed by atoms with E-state index in [1.54, 1.807) is 19.2 Å². The number of rotatable bonds is 3. The van der Waals surface area contributed by atoms with Crippen molar-refractivity contribution in [3.8, 4) is 0 Å². The predicted octanol–water partition coefficient (Wildman–Crippen LogP) is 4.41. The molecule has 0 aliphatic heterocycles. The Morgan fingerprint density at radius 2 is 1.81 bits per heavy atom. The molecule has 1 aromatic heterocycles. The van der Waals surface area contributed by atoms with Gasteiger partial charge in [-0.1, -0.05) is 27.5 Å². The number of aryl methyl sites for hydroxylation is 2. The second kappa shape index (κ2) is 6.45. The number of nitrogens with one attached hydrogen (secondary N) is 2. The largest absolute Gasteiger partial charge is 0.373 e. The molecular formula is C15H15BrClN3O. The van der Waals surface area contributed by atoms with Gasteiger partial charge in [-0.25, -0.2) is 4.98 Å². The number of aromatic nitrogens is 1. The van der Waals surface area contributed by atoms with Gasteiger partial charge in [-0.3, -0.25) is 4.79 Å². The van der Waals surface area contributed by atoms with Crippen molar-refractivity contribution in [2.75, 3.05) is 17.7 Å². The number of hydrogen-bond acceptors (Lipinski definition) is 3. The third-order valence-corrected chi connectivity index (χ3v) is 3.70. The first kappa shape index (κ1) is 15.8. The Morgan fingerprint density at radius 1 is 1.19 bits per heavy atom. The smallest absolute Gasteiger partial charge is 0.255 e. The molecule has 0 saturated carbocycles. The van der Waals surface area contributed by atoms with Gasteiger partial charge in [-0.15, -0.1) is 0 Å². The highest BCUT2D eigenvalue weighted by molar-refractivity contribution is 9.10. The van der Waals surface area contributed by atoms with E-state index in [2.05, 4.69) is 31.5 Å². The van der Waals surface area contributed by atoms with Crippen LogP contribution in [0.5, 0.6) is 0 Å². The Balaban J connectivity index is 2.32. The summed E-state index contributed by atoms with van der Waals surface area (Å²) in [7, 11) is 1.73. The van der Waals surface area contributed by atoms with Crippen molar-refractivity contribution in [3.63, 3.8) is 0 Å². The molecule has 0 unspecified atom stereocenters. The summed E-state index contributed by atoms with van der Waals surface area (Å²) in [5.41, 5.74) is 3.25. The average Bonchev–Trinajstić information content (AvgIpc) is 2.41. The standard InChI is InChI=1S/C15H15BrClN3O/c1-8-4-11(16)5-9(2)14(8)20-15(21)10-6-12(17)19-13(7-10)18-3/h4-7H,1-3H3,(H,18,19)(H,20,21). The van der Waals surface area contributed by atoms with Gasteiger partial charge in [0.2, 0.25) is 0 Å². The van der Waals surface area contributed by atoms with E-state index in [9.17, 15) is 4.79 Å². The monoisotopic (exact) mass is 367 g/mol. The normalized spacial score (nSPS) is 10.3. The number of hydrogen-bond donors (Lipinski definition) is 2. The molecule has 0 atom stereocenters. The van der Waals surface area contributed by atoms with E-state index in [4.69, 9.17) is 11.6 Å². The van der Waals surface area contributed by atoms with Crippen LogP contribution in [0.2, 0.25) is 5.15 Å². The minimum Gasteiger partial charge on any atom is -0.373 e. The quantitative estimate of drug-likeness (QED) is 0.789. The molecule has 0 aliphatic rings. The number of amides is 1. The molecule has 0 spiro atoms. The van der Waals surface area contributed by atoms with E-state index < -0.39 is 0 Å². The topological polar surface area (TPSA) is 54.0 Å². The molecule has 1 amide bonds. The van der Waals surface area contributed by atoms with Crippen LogP contribution in [0.4, 0.5) is 11.5 Å². The first-order chi connectivity index (χ1) is 9.90. The van der Waals surface area contributed by atoms with E-state index >= 15 is 0 Å². The fourth-order valence-corrected chi connectivity index (χ4v) is 2.94. The molecule has 2 aromatic rings. The number of pyridine rings is 1. The number of halogens is 2. The molecule has 1 heterocycles. The van der Waals surface area contributed by atoms with Crippen molar-refractivity contribution in [3.05, 3.63) is 50.6 Å². The van der Waals surface area contributed by atoms with Crippen LogP contribution >= 0.6 is 27.5 Å². The Bertz CT molecular complexity index is 680. The molecule has 0 bridgehead atoms. The Morgan fingerprint density at radius 3 is 2.38 bits per heavy atom. The maximum Gasteiger partial charge on any atom is 0.255 e. The molecule has 21 heavy (non-hydrogen) atoms. The van der Waals surface area contributed by atoms with Gasteiger partial charge in [-0.05, 0) is 49.2 Å². The maximum atomic E-state index is 12.4. The van der Waals surface area contributed by atoms with E-state index in [-0.39, 0.29) is 11.1 Å².